The van der Waals surface area contributed by atoms with E-state index in [1.165, 1.54) is 50.0 Å². The molecule has 0 unspecified atom stereocenters. The molecule has 0 N–H and O–H groups in total. The molecule has 10 rings (SSSR count). The summed E-state index contributed by atoms with van der Waals surface area (Å²) < 4.78 is 31.0. The van der Waals surface area contributed by atoms with Crippen LogP contribution in [0.3, 0.4) is 0 Å². The number of nitrogens with zero attached hydrogens (tertiary/aromatic N) is 3. The van der Waals surface area contributed by atoms with Crippen LogP contribution in [0.1, 0.15) is 60.3 Å². The Kier molecular flexibility index (Phi) is 11.0. The Balaban J connectivity index is 0.000000232. The summed E-state index contributed by atoms with van der Waals surface area (Å²) >= 11 is 0. The molecule has 0 saturated carbocycles. The zero-order valence-electron chi connectivity index (χ0n) is 39.2. The molecular weight excluding hydrogens is 951 g/mol. The van der Waals surface area contributed by atoms with Gasteiger partial charge < -0.3 is 14.0 Å². The Bertz CT molecular complexity index is 3210. The largest absolute Gasteiger partial charge is 0.501 e. The van der Waals surface area contributed by atoms with Gasteiger partial charge in [0, 0.05) is 46.9 Å². The first kappa shape index (κ1) is 39.0. The molecule has 1 radical (unpaired) electrons. The molecule has 0 amide bonds. The van der Waals surface area contributed by atoms with Crippen molar-refractivity contribution < 1.29 is 28.6 Å². The average molecular weight is 1010 g/mol. The predicted molar refractivity (Wildman–Crippen MR) is 260 cm³/mol. The minimum absolute atomic E-state index is 0. The monoisotopic (exact) mass is 1010 g/mol. The van der Waals surface area contributed by atoms with Crippen LogP contribution in [-0.2, 0) is 20.1 Å². The predicted octanol–water partition coefficient (Wildman–Crippen LogP) is 14.9. The Morgan fingerprint density at radius 2 is 1.40 bits per heavy atom. The van der Waals surface area contributed by atoms with Gasteiger partial charge in [0.25, 0.3) is 0 Å². The van der Waals surface area contributed by atoms with Gasteiger partial charge in [0.15, 0.2) is 0 Å². The SMILES string of the molecule is CC(C)c1cc(-c2ccccc2)cc(C(C)C)c1-n1c(-c2[c-]ccc3c2oc2ccccc23)nc2ccc3ccccc3c21.[2H]C([2H])([2H])c1c[c-]c(-c2ccc([Si](C)(C)C)cn2)cc1.[Ir]. The molecule has 7 aromatic carbocycles. The van der Waals surface area contributed by atoms with E-state index in [-0.39, 0.29) is 31.9 Å². The minimum atomic E-state index is -2.08. The van der Waals surface area contributed by atoms with Gasteiger partial charge in [0.2, 0.25) is 0 Å². The van der Waals surface area contributed by atoms with E-state index >= 15 is 0 Å². The van der Waals surface area contributed by atoms with Gasteiger partial charge in [-0.1, -0.05) is 156 Å². The molecule has 62 heavy (non-hydrogen) atoms. The number of imidazole rings is 1. The smallest absolute Gasteiger partial charge is 0.120 e. The number of aromatic nitrogens is 3. The van der Waals surface area contributed by atoms with Gasteiger partial charge in [0.05, 0.1) is 30.5 Å². The molecule has 0 atom stereocenters. The Hall–Kier alpha value is -5.91. The van der Waals surface area contributed by atoms with Crippen molar-refractivity contribution in [2.75, 3.05) is 0 Å². The van der Waals surface area contributed by atoms with Crippen molar-refractivity contribution in [3.63, 3.8) is 0 Å². The summed E-state index contributed by atoms with van der Waals surface area (Å²) in [4.78, 5) is 9.85. The second kappa shape index (κ2) is 17.5. The van der Waals surface area contributed by atoms with Crippen LogP contribution in [0, 0.1) is 19.0 Å². The second-order valence-electron chi connectivity index (χ2n) is 17.5. The first-order chi connectivity index (χ1) is 30.7. The topological polar surface area (TPSA) is 43.9 Å². The van der Waals surface area contributed by atoms with E-state index in [0.717, 1.165) is 55.6 Å². The molecule has 311 valence electrons. The first-order valence-corrected chi connectivity index (χ1v) is 24.6. The number of rotatable bonds is 7. The van der Waals surface area contributed by atoms with E-state index in [2.05, 4.69) is 172 Å². The van der Waals surface area contributed by atoms with Crippen LogP contribution in [0.25, 0.3) is 83.2 Å². The number of hydrogen-bond acceptors (Lipinski definition) is 3. The number of aryl methyl sites for hydroxylation is 1. The third kappa shape index (κ3) is 8.11. The number of fused-ring (bicyclic) bond motifs is 6. The van der Waals surface area contributed by atoms with E-state index in [0.29, 0.717) is 5.56 Å². The fraction of sp³-hybridized carbons (Fsp3) is 0.179. The van der Waals surface area contributed by atoms with Gasteiger partial charge in [-0.2, -0.15) is 0 Å². The van der Waals surface area contributed by atoms with Crippen molar-refractivity contribution in [3.8, 4) is 39.5 Å². The third-order valence-electron chi connectivity index (χ3n) is 11.6. The minimum Gasteiger partial charge on any atom is -0.501 e. The summed E-state index contributed by atoms with van der Waals surface area (Å²) in [5.74, 6) is 1.40. The summed E-state index contributed by atoms with van der Waals surface area (Å²) in [6.45, 7) is 13.9. The van der Waals surface area contributed by atoms with Crippen LogP contribution in [-0.4, -0.2) is 22.6 Å². The number of pyridine rings is 1. The summed E-state index contributed by atoms with van der Waals surface area (Å²) in [7, 11) is -1.34. The van der Waals surface area contributed by atoms with E-state index in [1.54, 1.807) is 12.1 Å². The van der Waals surface area contributed by atoms with Crippen LogP contribution >= 0.6 is 0 Å². The van der Waals surface area contributed by atoms with E-state index in [9.17, 15) is 0 Å². The summed E-state index contributed by atoms with van der Waals surface area (Å²) in [6, 6.07) is 56.3. The maximum Gasteiger partial charge on any atom is 0.120 e. The molecule has 0 aliphatic carbocycles. The van der Waals surface area contributed by atoms with E-state index in [1.807, 2.05) is 30.5 Å². The molecule has 0 aliphatic heterocycles. The number of benzene rings is 7. The maximum absolute atomic E-state index is 7.35. The van der Waals surface area contributed by atoms with Crippen LogP contribution in [0.5, 0.6) is 0 Å². The van der Waals surface area contributed by atoms with Crippen LogP contribution in [0.4, 0.5) is 0 Å². The standard InChI is InChI=1S/C41H33N2O.C15H18NSi.Ir/c1-25(2)34-23-29(27-13-6-5-7-14-27)24-35(26(3)4)38(34)43-39-30-16-9-8-15-28(30)21-22-36(39)42-41(43)33-19-12-18-32-31-17-10-11-20-37(31)44-40(32)33;1-12-5-7-13(8-6-12)15-10-9-14(11-16-15)17(2,3)4;/h5-18,20-26H,1-4H3;5-7,9-11H,1-4H3;/q2*-1;/i;1D3;. The summed E-state index contributed by atoms with van der Waals surface area (Å²) in [6.07, 6.45) is 1.92. The second-order valence-corrected chi connectivity index (χ2v) is 22.5. The van der Waals surface area contributed by atoms with Gasteiger partial charge in [0.1, 0.15) is 5.58 Å². The Labute approximate surface area is 384 Å². The van der Waals surface area contributed by atoms with Crippen molar-refractivity contribution in [1.82, 2.24) is 14.5 Å². The van der Waals surface area contributed by atoms with Gasteiger partial charge in [-0.3, -0.25) is 4.98 Å². The molecule has 0 fully saturated rings. The van der Waals surface area contributed by atoms with E-state index < -0.39 is 14.9 Å². The van der Waals surface area contributed by atoms with Crippen LogP contribution < -0.4 is 5.19 Å². The van der Waals surface area contributed by atoms with Gasteiger partial charge in [-0.25, -0.2) is 0 Å². The van der Waals surface area contributed by atoms with E-state index in [4.69, 9.17) is 13.5 Å². The molecule has 10 aromatic rings. The molecule has 4 nitrogen and oxygen atoms in total. The van der Waals surface area contributed by atoms with Gasteiger partial charge in [-0.05, 0) is 74.6 Å². The Morgan fingerprint density at radius 1 is 0.694 bits per heavy atom. The normalized spacial score (nSPS) is 12.6. The quantitative estimate of drug-likeness (QED) is 0.118. The molecule has 3 heterocycles. The van der Waals surface area contributed by atoms with Crippen molar-refractivity contribution in [2.24, 2.45) is 0 Å². The van der Waals surface area contributed by atoms with Gasteiger partial charge >= 0.3 is 0 Å². The van der Waals surface area contributed by atoms with Crippen molar-refractivity contribution in [1.29, 1.82) is 0 Å². The average Bonchev–Trinajstić information content (AvgIpc) is 3.88. The zero-order chi connectivity index (χ0) is 44.9. The molecule has 0 spiro atoms. The third-order valence-corrected chi connectivity index (χ3v) is 13.6. The fourth-order valence-electron chi connectivity index (χ4n) is 8.28. The number of hydrogen-bond donors (Lipinski definition) is 0. The maximum atomic E-state index is 7.35. The molecule has 0 saturated heterocycles. The molecule has 3 aromatic heterocycles. The van der Waals surface area contributed by atoms with Crippen LogP contribution in [0.2, 0.25) is 19.6 Å². The Morgan fingerprint density at radius 3 is 2.06 bits per heavy atom. The molecular formula is C56H51IrN3OSi-2. The molecule has 6 heteroatoms. The van der Waals surface area contributed by atoms with Crippen molar-refractivity contribution in [3.05, 3.63) is 181 Å². The van der Waals surface area contributed by atoms with Gasteiger partial charge in [-0.15, -0.1) is 53.6 Å². The molecule has 0 aliphatic rings. The molecule has 0 bridgehead atoms. The van der Waals surface area contributed by atoms with Crippen molar-refractivity contribution in [2.45, 2.75) is 66.0 Å². The fourth-order valence-corrected chi connectivity index (χ4v) is 9.31. The summed E-state index contributed by atoms with van der Waals surface area (Å²) in [5.41, 5.74) is 12.8. The zero-order valence-corrected chi connectivity index (χ0v) is 39.6. The first-order valence-electron chi connectivity index (χ1n) is 22.6. The van der Waals surface area contributed by atoms with Crippen molar-refractivity contribution >= 4 is 57.0 Å². The van der Waals surface area contributed by atoms with Crippen LogP contribution in [0.15, 0.2) is 156 Å². The number of furan rings is 1. The summed E-state index contributed by atoms with van der Waals surface area (Å²) in [5, 5.41) is 5.85. The number of para-hydroxylation sites is 1.